The number of aliphatic hydroxyl groups is 2. The van der Waals surface area contributed by atoms with Crippen LogP contribution in [0.4, 0.5) is 5.82 Å². The zero-order chi connectivity index (χ0) is 31.4. The first-order valence-electron chi connectivity index (χ1n) is 14.1. The van der Waals surface area contributed by atoms with E-state index < -0.39 is 44.2 Å². The van der Waals surface area contributed by atoms with E-state index in [1.54, 1.807) is 41.3 Å². The summed E-state index contributed by atoms with van der Waals surface area (Å²) in [5, 5.41) is 20.3. The number of fused-ring (bicyclic) bond motifs is 1. The number of aliphatic hydroxyl groups excluding tert-OH is 2. The van der Waals surface area contributed by atoms with Gasteiger partial charge in [-0.05, 0) is 37.1 Å². The Morgan fingerprint density at radius 1 is 1.14 bits per heavy atom. The number of hydrogen-bond donors (Lipinski definition) is 4. The van der Waals surface area contributed by atoms with E-state index in [2.05, 4.69) is 4.98 Å². The van der Waals surface area contributed by atoms with Crippen LogP contribution in [0.25, 0.3) is 0 Å². The molecule has 3 aromatic rings. The van der Waals surface area contributed by atoms with Gasteiger partial charge in [-0.1, -0.05) is 37.3 Å². The first kappa shape index (κ1) is 31.7. The number of hydrogen-bond acceptors (Lipinski definition) is 11. The predicted octanol–water partition coefficient (Wildman–Crippen LogP) is 1.66. The molecule has 1 saturated heterocycles. The van der Waals surface area contributed by atoms with Crippen molar-refractivity contribution in [1.29, 1.82) is 0 Å². The van der Waals surface area contributed by atoms with Gasteiger partial charge in [0.05, 0.1) is 6.61 Å². The second kappa shape index (κ2) is 13.5. The lowest BCUT2D eigenvalue weighted by atomic mass is 9.93. The molecule has 0 bridgehead atoms. The minimum Gasteiger partial charge on any atom is -0.491 e. The van der Waals surface area contributed by atoms with Crippen LogP contribution in [0.5, 0.6) is 5.75 Å². The van der Waals surface area contributed by atoms with Gasteiger partial charge in [0.15, 0.2) is 18.1 Å². The number of nitrogens with zero attached hydrogens (tertiary/aromatic N) is 3. The highest BCUT2D eigenvalue weighted by atomic mass is 31.1. The molecular weight excluding hydrogens is 595 g/mol. The number of amides is 1. The van der Waals surface area contributed by atoms with Crippen LogP contribution in [0.2, 0.25) is 0 Å². The Balaban J connectivity index is 1.39. The van der Waals surface area contributed by atoms with E-state index in [1.165, 1.54) is 12.3 Å². The number of aromatic nitrogens is 2. The van der Waals surface area contributed by atoms with Gasteiger partial charge in [0, 0.05) is 40.6 Å². The fourth-order valence-electron chi connectivity index (χ4n) is 5.61. The second-order valence-electron chi connectivity index (χ2n) is 10.3. The van der Waals surface area contributed by atoms with E-state index in [0.29, 0.717) is 41.8 Å². The normalized spacial score (nSPS) is 24.9. The molecule has 0 radical (unpaired) electrons. The maximum absolute atomic E-state index is 13.5. The molecule has 2 aliphatic rings. The van der Waals surface area contributed by atoms with Crippen molar-refractivity contribution < 1.29 is 43.2 Å². The Morgan fingerprint density at radius 3 is 2.57 bits per heavy atom. The van der Waals surface area contributed by atoms with Gasteiger partial charge in [-0.15, -0.1) is 9.42 Å². The molecule has 1 aromatic heterocycles. The second-order valence-corrected chi connectivity index (χ2v) is 11.0. The van der Waals surface area contributed by atoms with Crippen LogP contribution in [-0.2, 0) is 24.3 Å². The SMILES string of the molecule is CCCN1C(=O)c2ccccc2C1(OCCCO)c1ccc(OC[C@H]2O[C@@H](n3ccc(N)nc3=O)[C@H](O)[C@@H]2O[P+](=O)O)cc1. The topological polar surface area (TPSA) is 196 Å². The van der Waals surface area contributed by atoms with E-state index in [0.717, 1.165) is 4.57 Å². The molecule has 15 heteroatoms. The third-order valence-corrected chi connectivity index (χ3v) is 7.94. The Kier molecular flexibility index (Phi) is 9.71. The third kappa shape index (κ3) is 5.97. The summed E-state index contributed by atoms with van der Waals surface area (Å²) < 4.78 is 35.8. The van der Waals surface area contributed by atoms with Crippen molar-refractivity contribution >= 4 is 20.0 Å². The molecule has 5 N–H and O–H groups in total. The molecular formula is C29H34N4O10P+. The van der Waals surface area contributed by atoms with Crippen molar-refractivity contribution in [1.82, 2.24) is 14.5 Å². The van der Waals surface area contributed by atoms with Crippen molar-refractivity contribution in [3.63, 3.8) is 0 Å². The Labute approximate surface area is 253 Å². The minimum atomic E-state index is -3.12. The fraction of sp³-hybridized carbons (Fsp3) is 0.414. The number of ether oxygens (including phenoxy) is 3. The monoisotopic (exact) mass is 629 g/mol. The molecule has 0 aliphatic carbocycles. The molecule has 1 fully saturated rings. The van der Waals surface area contributed by atoms with Gasteiger partial charge in [-0.25, -0.2) is 4.79 Å². The average Bonchev–Trinajstić information content (AvgIpc) is 3.43. The Bertz CT molecular complexity index is 1550. The number of carbonyl (C=O) groups excluding carboxylic acids is 1. The van der Waals surface area contributed by atoms with Crippen molar-refractivity contribution in [2.45, 2.75) is 50.0 Å². The molecule has 2 aliphatic heterocycles. The third-order valence-electron chi connectivity index (χ3n) is 7.52. The van der Waals surface area contributed by atoms with Crippen molar-refractivity contribution in [2.75, 3.05) is 32.1 Å². The highest BCUT2D eigenvalue weighted by Gasteiger charge is 2.52. The van der Waals surface area contributed by atoms with Gasteiger partial charge < -0.3 is 35.1 Å². The van der Waals surface area contributed by atoms with Gasteiger partial charge in [0.25, 0.3) is 5.91 Å². The fourth-order valence-corrected chi connectivity index (χ4v) is 6.08. The van der Waals surface area contributed by atoms with Crippen LogP contribution in [-0.4, -0.2) is 80.1 Å². The number of anilines is 1. The summed E-state index contributed by atoms with van der Waals surface area (Å²) in [5.74, 6) is 0.220. The molecule has 44 heavy (non-hydrogen) atoms. The number of nitrogens with two attached hydrogens (primary N) is 1. The first-order valence-corrected chi connectivity index (χ1v) is 15.2. The van der Waals surface area contributed by atoms with Crippen molar-refractivity contribution in [2.24, 2.45) is 0 Å². The molecule has 3 heterocycles. The Hall–Kier alpha value is -3.75. The van der Waals surface area contributed by atoms with E-state index in [1.807, 2.05) is 19.1 Å². The summed E-state index contributed by atoms with van der Waals surface area (Å²) in [5.41, 5.74) is 5.48. The van der Waals surface area contributed by atoms with E-state index in [4.69, 9.17) is 24.5 Å². The van der Waals surface area contributed by atoms with E-state index in [-0.39, 0.29) is 31.5 Å². The molecule has 0 spiro atoms. The van der Waals surface area contributed by atoms with E-state index >= 15 is 0 Å². The first-order chi connectivity index (χ1) is 21.2. The van der Waals surface area contributed by atoms with Crippen LogP contribution in [0.1, 0.15) is 47.5 Å². The summed E-state index contributed by atoms with van der Waals surface area (Å²) in [4.78, 5) is 40.6. The smallest absolute Gasteiger partial charge is 0.491 e. The molecule has 6 atom stereocenters. The maximum atomic E-state index is 13.5. The predicted molar refractivity (Wildman–Crippen MR) is 156 cm³/mol. The van der Waals surface area contributed by atoms with Crippen molar-refractivity contribution in [3.8, 4) is 5.75 Å². The van der Waals surface area contributed by atoms with E-state index in [9.17, 15) is 29.3 Å². The zero-order valence-electron chi connectivity index (χ0n) is 23.9. The lowest BCUT2D eigenvalue weighted by molar-refractivity contribution is -0.110. The van der Waals surface area contributed by atoms with Crippen LogP contribution < -0.4 is 16.2 Å². The molecule has 2 unspecified atom stereocenters. The van der Waals surface area contributed by atoms with Crippen LogP contribution in [0.15, 0.2) is 65.6 Å². The average molecular weight is 630 g/mol. The lowest BCUT2D eigenvalue weighted by Crippen LogP contribution is -2.47. The van der Waals surface area contributed by atoms with Gasteiger partial charge in [-0.3, -0.25) is 9.36 Å². The highest BCUT2D eigenvalue weighted by molar-refractivity contribution is 7.32. The standard InChI is InChI=1S/C29H33N4O10P/c1-2-13-33-26(36)20-6-3-4-7-21(20)29(33,41-16-5-15-34)18-8-10-19(11-9-18)40-17-22-25(43-44(38)39)24(35)27(42-22)32-14-12-23(30)31-28(32)37/h3-4,6-12,14,22,24-25,27,34-35H,2,5,13,15-17H2,1H3,(H2-,30,31,37,38,39)/p+1/t22-,24-,25-,27-,29?/m1/s1. The molecule has 2 aromatic carbocycles. The number of nitrogen functional groups attached to an aromatic ring is 1. The number of rotatable bonds is 13. The molecule has 5 rings (SSSR count). The molecule has 234 valence electrons. The molecule has 1 amide bonds. The summed E-state index contributed by atoms with van der Waals surface area (Å²) >= 11 is 0. The van der Waals surface area contributed by atoms with Gasteiger partial charge in [0.1, 0.15) is 30.4 Å². The molecule has 14 nitrogen and oxygen atoms in total. The van der Waals surface area contributed by atoms with Crippen LogP contribution >= 0.6 is 8.25 Å². The molecule has 0 saturated carbocycles. The largest absolute Gasteiger partial charge is 0.695 e. The van der Waals surface area contributed by atoms with Gasteiger partial charge in [-0.2, -0.15) is 4.98 Å². The van der Waals surface area contributed by atoms with Crippen LogP contribution in [0, 0.1) is 0 Å². The number of benzene rings is 2. The van der Waals surface area contributed by atoms with Crippen molar-refractivity contribution in [3.05, 3.63) is 88.0 Å². The Morgan fingerprint density at radius 2 is 1.89 bits per heavy atom. The van der Waals surface area contributed by atoms with Crippen LogP contribution in [0.3, 0.4) is 0 Å². The number of carbonyl (C=O) groups is 1. The maximum Gasteiger partial charge on any atom is 0.695 e. The zero-order valence-corrected chi connectivity index (χ0v) is 24.8. The minimum absolute atomic E-state index is 0.0165. The van der Waals surface area contributed by atoms with Gasteiger partial charge >= 0.3 is 13.9 Å². The van der Waals surface area contributed by atoms with Gasteiger partial charge in [0.2, 0.25) is 0 Å². The highest BCUT2D eigenvalue weighted by Crippen LogP contribution is 2.46. The summed E-state index contributed by atoms with van der Waals surface area (Å²) in [6, 6.07) is 15.5. The summed E-state index contributed by atoms with van der Waals surface area (Å²) in [7, 11) is -3.12. The summed E-state index contributed by atoms with van der Waals surface area (Å²) in [6.07, 6.45) is -2.74. The quantitative estimate of drug-likeness (QED) is 0.158. The lowest BCUT2D eigenvalue weighted by Gasteiger charge is -2.39. The summed E-state index contributed by atoms with van der Waals surface area (Å²) in [6.45, 7) is 2.35.